The molecular weight excluding hydrogens is 236 g/mol. The first-order chi connectivity index (χ1) is 7.66. The topological polar surface area (TPSA) is 58.2 Å². The van der Waals surface area contributed by atoms with Crippen molar-refractivity contribution in [2.24, 2.45) is 5.92 Å². The Morgan fingerprint density at radius 2 is 1.65 bits per heavy atom. The zero-order chi connectivity index (χ0) is 13.1. The second kappa shape index (κ2) is 5.67. The molecule has 17 heavy (non-hydrogen) atoms. The second-order valence-electron chi connectivity index (χ2n) is 6.24. The molecule has 0 unspecified atom stereocenters. The van der Waals surface area contributed by atoms with Gasteiger partial charge in [0.25, 0.3) is 0 Å². The molecular formula is C12H26N2O2S. The van der Waals surface area contributed by atoms with E-state index in [0.29, 0.717) is 5.92 Å². The molecule has 1 aliphatic carbocycles. The normalized spacial score (nSPS) is 27.1. The zero-order valence-electron chi connectivity index (χ0n) is 11.4. The van der Waals surface area contributed by atoms with Crippen molar-refractivity contribution in [2.45, 2.75) is 58.0 Å². The fourth-order valence-corrected chi connectivity index (χ4v) is 3.08. The lowest BCUT2D eigenvalue weighted by Gasteiger charge is -2.31. The monoisotopic (exact) mass is 262 g/mol. The van der Waals surface area contributed by atoms with E-state index in [0.717, 1.165) is 32.2 Å². The minimum Gasteiger partial charge on any atom is -0.312 e. The lowest BCUT2D eigenvalue weighted by molar-refractivity contribution is 0.279. The number of hydrogen-bond acceptors (Lipinski definition) is 3. The lowest BCUT2D eigenvalue weighted by Crippen LogP contribution is -2.42. The molecule has 0 radical (unpaired) electrons. The molecule has 4 nitrogen and oxygen atoms in total. The molecule has 0 bridgehead atoms. The van der Waals surface area contributed by atoms with E-state index in [-0.39, 0.29) is 11.6 Å². The molecule has 0 saturated heterocycles. The van der Waals surface area contributed by atoms with Crippen LogP contribution < -0.4 is 10.0 Å². The summed E-state index contributed by atoms with van der Waals surface area (Å²) >= 11 is 0. The van der Waals surface area contributed by atoms with Gasteiger partial charge in [0.05, 0.1) is 6.26 Å². The summed E-state index contributed by atoms with van der Waals surface area (Å²) in [5, 5.41) is 3.52. The van der Waals surface area contributed by atoms with Crippen molar-refractivity contribution < 1.29 is 8.42 Å². The van der Waals surface area contributed by atoms with Crippen LogP contribution in [0.3, 0.4) is 0 Å². The van der Waals surface area contributed by atoms with Crippen molar-refractivity contribution in [2.75, 3.05) is 12.8 Å². The Balaban J connectivity index is 2.27. The Hall–Kier alpha value is -0.130. The minimum absolute atomic E-state index is 0.149. The van der Waals surface area contributed by atoms with Gasteiger partial charge in [-0.15, -0.1) is 0 Å². The molecule has 102 valence electrons. The van der Waals surface area contributed by atoms with Crippen LogP contribution in [-0.4, -0.2) is 32.8 Å². The van der Waals surface area contributed by atoms with E-state index in [2.05, 4.69) is 30.8 Å². The Kier molecular flexibility index (Phi) is 4.98. The number of sulfonamides is 1. The smallest absolute Gasteiger partial charge is 0.208 e. The first-order valence-electron chi connectivity index (χ1n) is 6.38. The fourth-order valence-electron chi connectivity index (χ4n) is 2.24. The summed E-state index contributed by atoms with van der Waals surface area (Å²) in [6, 6.07) is 0.149. The molecule has 0 aromatic carbocycles. The third kappa shape index (κ3) is 7.01. The number of hydrogen-bond donors (Lipinski definition) is 2. The van der Waals surface area contributed by atoms with Crippen molar-refractivity contribution in [1.29, 1.82) is 0 Å². The van der Waals surface area contributed by atoms with Gasteiger partial charge in [-0.1, -0.05) is 0 Å². The van der Waals surface area contributed by atoms with Crippen LogP contribution in [0.25, 0.3) is 0 Å². The van der Waals surface area contributed by atoms with Crippen LogP contribution in [0.1, 0.15) is 46.5 Å². The second-order valence-corrected chi connectivity index (χ2v) is 8.02. The summed E-state index contributed by atoms with van der Waals surface area (Å²) in [6.07, 6.45) is 5.37. The minimum atomic E-state index is -3.04. The van der Waals surface area contributed by atoms with Gasteiger partial charge >= 0.3 is 0 Å². The van der Waals surface area contributed by atoms with Crippen LogP contribution in [0, 0.1) is 5.92 Å². The maximum absolute atomic E-state index is 11.1. The molecule has 1 aliphatic rings. The maximum atomic E-state index is 11.1. The molecule has 0 heterocycles. The number of nitrogens with one attached hydrogen (secondary N) is 2. The summed E-state index contributed by atoms with van der Waals surface area (Å²) < 4.78 is 24.9. The molecule has 0 aliphatic heterocycles. The zero-order valence-corrected chi connectivity index (χ0v) is 12.2. The molecule has 0 aromatic rings. The Morgan fingerprint density at radius 3 is 2.06 bits per heavy atom. The molecule has 5 heteroatoms. The largest absolute Gasteiger partial charge is 0.312 e. The highest BCUT2D eigenvalue weighted by Crippen LogP contribution is 2.24. The molecule has 1 saturated carbocycles. The molecule has 0 aromatic heterocycles. The van der Waals surface area contributed by atoms with Crippen LogP contribution in [0.5, 0.6) is 0 Å². The highest BCUT2D eigenvalue weighted by molar-refractivity contribution is 7.88. The van der Waals surface area contributed by atoms with Gasteiger partial charge in [-0.25, -0.2) is 13.1 Å². The van der Waals surface area contributed by atoms with Gasteiger partial charge in [-0.2, -0.15) is 0 Å². The molecule has 1 fully saturated rings. The van der Waals surface area contributed by atoms with Crippen LogP contribution in [0.2, 0.25) is 0 Å². The van der Waals surface area contributed by atoms with Gasteiger partial charge < -0.3 is 5.32 Å². The Labute approximate surface area is 106 Å². The van der Waals surface area contributed by atoms with E-state index in [9.17, 15) is 8.42 Å². The first-order valence-corrected chi connectivity index (χ1v) is 8.27. The van der Waals surface area contributed by atoms with Gasteiger partial charge in [-0.05, 0) is 58.9 Å². The molecule has 0 spiro atoms. The Morgan fingerprint density at radius 1 is 1.12 bits per heavy atom. The summed E-state index contributed by atoms with van der Waals surface area (Å²) in [7, 11) is -3.04. The van der Waals surface area contributed by atoms with Crippen molar-refractivity contribution in [3.8, 4) is 0 Å². The van der Waals surface area contributed by atoms with E-state index >= 15 is 0 Å². The van der Waals surface area contributed by atoms with Gasteiger partial charge in [0.1, 0.15) is 0 Å². The molecule has 0 amide bonds. The van der Waals surface area contributed by atoms with Gasteiger partial charge in [-0.3, -0.25) is 0 Å². The average Bonchev–Trinajstić information content (AvgIpc) is 2.13. The number of rotatable bonds is 4. The van der Waals surface area contributed by atoms with Crippen LogP contribution in [0.15, 0.2) is 0 Å². The van der Waals surface area contributed by atoms with Gasteiger partial charge in [0.2, 0.25) is 10.0 Å². The summed E-state index contributed by atoms with van der Waals surface area (Å²) in [4.78, 5) is 0. The van der Waals surface area contributed by atoms with Gasteiger partial charge in [0, 0.05) is 11.6 Å². The van der Waals surface area contributed by atoms with Gasteiger partial charge in [0.15, 0.2) is 0 Å². The molecule has 1 rings (SSSR count). The third-order valence-corrected chi connectivity index (χ3v) is 3.91. The highest BCUT2D eigenvalue weighted by Gasteiger charge is 2.23. The summed E-state index contributed by atoms with van der Waals surface area (Å²) in [6.45, 7) is 7.55. The predicted octanol–water partition coefficient (Wildman–Crippen LogP) is 1.48. The van der Waals surface area contributed by atoms with Crippen molar-refractivity contribution in [1.82, 2.24) is 10.0 Å². The lowest BCUT2D eigenvalue weighted by atomic mass is 9.86. The quantitative estimate of drug-likeness (QED) is 0.807. The molecule has 2 N–H and O–H groups in total. The van der Waals surface area contributed by atoms with Crippen LogP contribution in [-0.2, 0) is 10.0 Å². The van der Waals surface area contributed by atoms with E-state index < -0.39 is 10.0 Å². The van der Waals surface area contributed by atoms with Crippen molar-refractivity contribution >= 4 is 10.0 Å². The average molecular weight is 262 g/mol. The third-order valence-electron chi connectivity index (χ3n) is 3.15. The SMILES string of the molecule is CC(C)(C)NC[C@H]1CC[C@H](NS(C)(=O)=O)CC1. The predicted molar refractivity (Wildman–Crippen MR) is 71.5 cm³/mol. The van der Waals surface area contributed by atoms with Crippen molar-refractivity contribution in [3.05, 3.63) is 0 Å². The fraction of sp³-hybridized carbons (Fsp3) is 1.00. The summed E-state index contributed by atoms with van der Waals surface area (Å²) in [5.74, 6) is 0.687. The van der Waals surface area contributed by atoms with E-state index in [1.807, 2.05) is 0 Å². The summed E-state index contributed by atoms with van der Waals surface area (Å²) in [5.41, 5.74) is 0.169. The van der Waals surface area contributed by atoms with E-state index in [1.165, 1.54) is 6.26 Å². The van der Waals surface area contributed by atoms with Crippen LogP contribution >= 0.6 is 0 Å². The Bertz CT molecular complexity index is 325. The van der Waals surface area contributed by atoms with Crippen molar-refractivity contribution in [3.63, 3.8) is 0 Å². The first kappa shape index (κ1) is 14.9. The standard InChI is InChI=1S/C12H26N2O2S/c1-12(2,3)13-9-10-5-7-11(8-6-10)14-17(4,15)16/h10-11,13-14H,5-9H2,1-4H3/t10-,11-. The highest BCUT2D eigenvalue weighted by atomic mass is 32.2. The van der Waals surface area contributed by atoms with Crippen LogP contribution in [0.4, 0.5) is 0 Å². The van der Waals surface area contributed by atoms with E-state index in [4.69, 9.17) is 0 Å². The molecule has 0 atom stereocenters. The van der Waals surface area contributed by atoms with E-state index in [1.54, 1.807) is 0 Å². The maximum Gasteiger partial charge on any atom is 0.208 e.